The summed E-state index contributed by atoms with van der Waals surface area (Å²) in [5.41, 5.74) is 1.53. The topological polar surface area (TPSA) is 85.6 Å². The van der Waals surface area contributed by atoms with Gasteiger partial charge in [-0.05, 0) is 59.8 Å². The van der Waals surface area contributed by atoms with E-state index in [4.69, 9.17) is 0 Å². The number of thiazole rings is 1. The standard InChI is InChI=1S/C20H13FN6OS2/c1-11-24-25-26-27(11)12-6-7-13(21)15(10-12)22-19(28)17-8-9-18(29-17)20-23-14-4-2-3-5-16(14)30-20/h2-10H,1H3,(H,22,28). The van der Waals surface area contributed by atoms with Crippen molar-refractivity contribution in [1.29, 1.82) is 0 Å². The number of hydrogen-bond donors (Lipinski definition) is 1. The first-order chi connectivity index (χ1) is 14.6. The third-order valence-corrected chi connectivity index (χ3v) is 6.69. The smallest absolute Gasteiger partial charge is 0.265 e. The minimum atomic E-state index is -0.541. The molecule has 0 bridgehead atoms. The minimum Gasteiger partial charge on any atom is -0.319 e. The zero-order valence-electron chi connectivity index (χ0n) is 15.5. The van der Waals surface area contributed by atoms with E-state index in [9.17, 15) is 9.18 Å². The van der Waals surface area contributed by atoms with E-state index in [-0.39, 0.29) is 5.69 Å². The summed E-state index contributed by atoms with van der Waals surface area (Å²) in [4.78, 5) is 18.7. The summed E-state index contributed by atoms with van der Waals surface area (Å²) in [5, 5.41) is 14.8. The fourth-order valence-corrected chi connectivity index (χ4v) is 4.87. The first-order valence-electron chi connectivity index (χ1n) is 8.90. The van der Waals surface area contributed by atoms with Crippen LogP contribution < -0.4 is 5.32 Å². The van der Waals surface area contributed by atoms with E-state index in [0.717, 1.165) is 20.1 Å². The Morgan fingerprint density at radius 1 is 1.10 bits per heavy atom. The Hall–Kier alpha value is -3.50. The fourth-order valence-electron chi connectivity index (χ4n) is 2.95. The first-order valence-corrected chi connectivity index (χ1v) is 10.5. The van der Waals surface area contributed by atoms with Gasteiger partial charge in [-0.1, -0.05) is 12.1 Å². The summed E-state index contributed by atoms with van der Waals surface area (Å²) in [6.07, 6.45) is 0. The lowest BCUT2D eigenvalue weighted by molar-refractivity contribution is 0.103. The molecule has 30 heavy (non-hydrogen) atoms. The van der Waals surface area contributed by atoms with E-state index in [1.54, 1.807) is 30.4 Å². The van der Waals surface area contributed by atoms with E-state index in [0.29, 0.717) is 16.4 Å². The van der Waals surface area contributed by atoms with Crippen LogP contribution in [0.4, 0.5) is 10.1 Å². The van der Waals surface area contributed by atoms with Gasteiger partial charge in [-0.3, -0.25) is 4.79 Å². The van der Waals surface area contributed by atoms with Gasteiger partial charge in [0.15, 0.2) is 5.82 Å². The fraction of sp³-hybridized carbons (Fsp3) is 0.0500. The van der Waals surface area contributed by atoms with Gasteiger partial charge in [-0.25, -0.2) is 9.37 Å². The normalized spacial score (nSPS) is 11.1. The van der Waals surface area contributed by atoms with Gasteiger partial charge in [-0.15, -0.1) is 27.8 Å². The van der Waals surface area contributed by atoms with Gasteiger partial charge < -0.3 is 5.32 Å². The van der Waals surface area contributed by atoms with Crippen LogP contribution in [-0.2, 0) is 0 Å². The minimum absolute atomic E-state index is 0.0577. The molecule has 0 aliphatic carbocycles. The Bertz CT molecular complexity index is 1360. The van der Waals surface area contributed by atoms with Crippen molar-refractivity contribution in [3.8, 4) is 15.6 Å². The molecule has 3 aromatic heterocycles. The SMILES string of the molecule is Cc1nnnn1-c1ccc(F)c(NC(=O)c2ccc(-c3nc4ccccc4s3)s2)c1. The maximum Gasteiger partial charge on any atom is 0.265 e. The number of para-hydroxylation sites is 1. The highest BCUT2D eigenvalue weighted by atomic mass is 32.1. The maximum absolute atomic E-state index is 14.3. The lowest BCUT2D eigenvalue weighted by Gasteiger charge is -2.08. The number of aryl methyl sites for hydroxylation is 1. The number of carbonyl (C=O) groups excluding carboxylic acids is 1. The first kappa shape index (κ1) is 18.5. The van der Waals surface area contributed by atoms with Crippen LogP contribution in [0.3, 0.4) is 0 Å². The van der Waals surface area contributed by atoms with Crippen molar-refractivity contribution in [2.75, 3.05) is 5.32 Å². The predicted octanol–water partition coefficient (Wildman–Crippen LogP) is 4.70. The highest BCUT2D eigenvalue weighted by Gasteiger charge is 2.16. The molecule has 1 amide bonds. The van der Waals surface area contributed by atoms with E-state index in [1.807, 2.05) is 30.3 Å². The third-order valence-electron chi connectivity index (χ3n) is 4.40. The van der Waals surface area contributed by atoms with Gasteiger partial charge >= 0.3 is 0 Å². The highest BCUT2D eigenvalue weighted by molar-refractivity contribution is 7.26. The molecule has 0 fully saturated rings. The number of rotatable bonds is 4. The summed E-state index contributed by atoms with van der Waals surface area (Å²) >= 11 is 2.88. The number of thiophene rings is 1. The second-order valence-corrected chi connectivity index (χ2v) is 8.52. The molecule has 0 radical (unpaired) electrons. The Morgan fingerprint density at radius 3 is 2.77 bits per heavy atom. The van der Waals surface area contributed by atoms with Crippen LogP contribution in [0.1, 0.15) is 15.5 Å². The third kappa shape index (κ3) is 3.36. The highest BCUT2D eigenvalue weighted by Crippen LogP contribution is 2.34. The number of amides is 1. The van der Waals surface area contributed by atoms with Crippen molar-refractivity contribution in [3.63, 3.8) is 0 Å². The van der Waals surface area contributed by atoms with Crippen LogP contribution in [0.2, 0.25) is 0 Å². The van der Waals surface area contributed by atoms with Crippen LogP contribution in [0.15, 0.2) is 54.6 Å². The molecule has 1 N–H and O–H groups in total. The van der Waals surface area contributed by atoms with Crippen molar-refractivity contribution in [2.24, 2.45) is 0 Å². The summed E-state index contributed by atoms with van der Waals surface area (Å²) in [6.45, 7) is 1.73. The van der Waals surface area contributed by atoms with E-state index >= 15 is 0 Å². The molecule has 0 atom stereocenters. The number of nitrogens with one attached hydrogen (secondary N) is 1. The molecule has 0 aliphatic heterocycles. The summed E-state index contributed by atoms with van der Waals surface area (Å²) in [5.74, 6) is -0.379. The zero-order valence-corrected chi connectivity index (χ0v) is 17.2. The Balaban J connectivity index is 1.40. The number of tetrazole rings is 1. The predicted molar refractivity (Wildman–Crippen MR) is 115 cm³/mol. The Morgan fingerprint density at radius 2 is 1.97 bits per heavy atom. The van der Waals surface area contributed by atoms with Gasteiger partial charge in [0.05, 0.1) is 31.3 Å². The number of hydrogen-bond acceptors (Lipinski definition) is 7. The van der Waals surface area contributed by atoms with Crippen molar-refractivity contribution in [3.05, 3.63) is 71.1 Å². The number of nitrogens with zero attached hydrogens (tertiary/aromatic N) is 5. The second-order valence-electron chi connectivity index (χ2n) is 6.41. The number of aromatic nitrogens is 5. The van der Waals surface area contributed by atoms with Crippen LogP contribution in [0.5, 0.6) is 0 Å². The Kier molecular flexibility index (Phi) is 4.57. The lowest BCUT2D eigenvalue weighted by atomic mass is 10.2. The van der Waals surface area contributed by atoms with E-state index in [2.05, 4.69) is 25.8 Å². The molecule has 2 aromatic carbocycles. The molecule has 0 aliphatic rings. The molecule has 5 aromatic rings. The summed E-state index contributed by atoms with van der Waals surface area (Å²) in [6, 6.07) is 15.8. The average Bonchev–Trinajstić information content (AvgIpc) is 3.48. The molecule has 10 heteroatoms. The zero-order chi connectivity index (χ0) is 20.7. The molecule has 148 valence electrons. The molecule has 0 saturated heterocycles. The van der Waals surface area contributed by atoms with E-state index < -0.39 is 11.7 Å². The van der Waals surface area contributed by atoms with Crippen LogP contribution in [0, 0.1) is 12.7 Å². The van der Waals surface area contributed by atoms with Crippen LogP contribution in [0.25, 0.3) is 25.8 Å². The second kappa shape index (κ2) is 7.39. The number of halogens is 1. The monoisotopic (exact) mass is 436 g/mol. The molecule has 3 heterocycles. The summed E-state index contributed by atoms with van der Waals surface area (Å²) < 4.78 is 16.8. The number of fused-ring (bicyclic) bond motifs is 1. The largest absolute Gasteiger partial charge is 0.319 e. The number of carbonyl (C=O) groups is 1. The quantitative estimate of drug-likeness (QED) is 0.441. The van der Waals surface area contributed by atoms with E-state index in [1.165, 1.54) is 28.2 Å². The average molecular weight is 436 g/mol. The molecule has 0 saturated carbocycles. The summed E-state index contributed by atoms with van der Waals surface area (Å²) in [7, 11) is 0. The van der Waals surface area contributed by atoms with Gasteiger partial charge in [-0.2, -0.15) is 4.68 Å². The van der Waals surface area contributed by atoms with Crippen molar-refractivity contribution < 1.29 is 9.18 Å². The molecule has 0 spiro atoms. The number of anilines is 1. The van der Waals surface area contributed by atoms with Crippen LogP contribution >= 0.6 is 22.7 Å². The molecule has 5 rings (SSSR count). The lowest BCUT2D eigenvalue weighted by Crippen LogP contribution is -2.12. The van der Waals surface area contributed by atoms with Gasteiger partial charge in [0.2, 0.25) is 0 Å². The van der Waals surface area contributed by atoms with Crippen molar-refractivity contribution in [1.82, 2.24) is 25.2 Å². The number of benzene rings is 2. The molecule has 7 nitrogen and oxygen atoms in total. The molecular weight excluding hydrogens is 423 g/mol. The maximum atomic E-state index is 14.3. The molecular formula is C20H13FN6OS2. The molecule has 0 unspecified atom stereocenters. The van der Waals surface area contributed by atoms with Gasteiger partial charge in [0.25, 0.3) is 5.91 Å². The van der Waals surface area contributed by atoms with Crippen molar-refractivity contribution in [2.45, 2.75) is 6.92 Å². The Labute approximate surface area is 177 Å². The van der Waals surface area contributed by atoms with Crippen LogP contribution in [-0.4, -0.2) is 31.1 Å². The van der Waals surface area contributed by atoms with Crippen molar-refractivity contribution >= 4 is 44.5 Å². The van der Waals surface area contributed by atoms with Gasteiger partial charge in [0, 0.05) is 0 Å². The van der Waals surface area contributed by atoms with Gasteiger partial charge in [0.1, 0.15) is 10.8 Å².